The molecule has 0 spiro atoms. The van der Waals surface area contributed by atoms with Crippen LogP contribution in [0.5, 0.6) is 0 Å². The second-order valence-corrected chi connectivity index (χ2v) is 16.9. The molecule has 9 heteroatoms. The number of unbranched alkanes of at least 4 members (excludes halogenated alkanes) is 18. The van der Waals surface area contributed by atoms with E-state index in [1.54, 1.807) is 6.08 Å². The Morgan fingerprint density at radius 3 is 1.48 bits per heavy atom. The van der Waals surface area contributed by atoms with Gasteiger partial charge in [-0.05, 0) is 70.6 Å². The summed E-state index contributed by atoms with van der Waals surface area (Å²) in [5, 5.41) is 54.3. The molecule has 0 radical (unpaired) electrons. The zero-order valence-corrected chi connectivity index (χ0v) is 39.1. The Balaban J connectivity index is 2.31. The first kappa shape index (κ1) is 57.4. The van der Waals surface area contributed by atoms with Gasteiger partial charge in [-0.1, -0.05) is 195 Å². The van der Waals surface area contributed by atoms with Gasteiger partial charge >= 0.3 is 0 Å². The number of hydrogen-bond donors (Lipinski definition) is 6. The van der Waals surface area contributed by atoms with Gasteiger partial charge in [0.2, 0.25) is 5.91 Å². The molecule has 0 aromatic heterocycles. The van der Waals surface area contributed by atoms with Crippen LogP contribution in [0.15, 0.2) is 85.1 Å². The monoisotopic (exact) mass is 870 g/mol. The Labute approximate surface area is 378 Å². The van der Waals surface area contributed by atoms with Gasteiger partial charge in [0.15, 0.2) is 6.29 Å². The lowest BCUT2D eigenvalue weighted by atomic mass is 9.99. The van der Waals surface area contributed by atoms with Crippen LogP contribution in [0.3, 0.4) is 0 Å². The zero-order chi connectivity index (χ0) is 45.1. The number of ether oxygens (including phenoxy) is 2. The molecule has 1 heterocycles. The lowest BCUT2D eigenvalue weighted by molar-refractivity contribution is -0.302. The van der Waals surface area contributed by atoms with E-state index in [2.05, 4.69) is 92.1 Å². The number of aliphatic hydroxyl groups excluding tert-OH is 5. The van der Waals surface area contributed by atoms with Crippen molar-refractivity contribution < 1.29 is 39.8 Å². The fourth-order valence-corrected chi connectivity index (χ4v) is 7.28. The summed E-state index contributed by atoms with van der Waals surface area (Å²) in [6, 6.07) is -0.817. The molecule has 0 aliphatic carbocycles. The van der Waals surface area contributed by atoms with Gasteiger partial charge in [-0.25, -0.2) is 0 Å². The van der Waals surface area contributed by atoms with E-state index in [1.165, 1.54) is 64.2 Å². The van der Waals surface area contributed by atoms with Crippen molar-refractivity contribution in [1.29, 1.82) is 0 Å². The van der Waals surface area contributed by atoms with Gasteiger partial charge in [-0.2, -0.15) is 0 Å². The van der Waals surface area contributed by atoms with Gasteiger partial charge in [-0.3, -0.25) is 4.79 Å². The zero-order valence-electron chi connectivity index (χ0n) is 39.1. The van der Waals surface area contributed by atoms with Crippen LogP contribution in [-0.4, -0.2) is 87.5 Å². The normalized spacial score (nSPS) is 21.0. The molecule has 9 nitrogen and oxygen atoms in total. The maximum atomic E-state index is 13.0. The highest BCUT2D eigenvalue weighted by atomic mass is 16.7. The van der Waals surface area contributed by atoms with E-state index in [-0.39, 0.29) is 12.5 Å². The minimum atomic E-state index is -1.57. The number of amides is 1. The first-order valence-electron chi connectivity index (χ1n) is 24.8. The predicted molar refractivity (Wildman–Crippen MR) is 258 cm³/mol. The summed E-state index contributed by atoms with van der Waals surface area (Å²) >= 11 is 0. The number of nitrogens with one attached hydrogen (secondary N) is 1. The lowest BCUT2D eigenvalue weighted by Gasteiger charge is -2.40. The number of rotatable bonds is 40. The summed E-state index contributed by atoms with van der Waals surface area (Å²) in [5.74, 6) is -0.196. The van der Waals surface area contributed by atoms with E-state index in [4.69, 9.17) is 9.47 Å². The third-order valence-electron chi connectivity index (χ3n) is 11.2. The van der Waals surface area contributed by atoms with Gasteiger partial charge in [0, 0.05) is 6.42 Å². The summed E-state index contributed by atoms with van der Waals surface area (Å²) in [6.07, 6.45) is 51.9. The lowest BCUT2D eigenvalue weighted by Crippen LogP contribution is -2.60. The smallest absolute Gasteiger partial charge is 0.220 e. The van der Waals surface area contributed by atoms with Crippen LogP contribution >= 0.6 is 0 Å². The Kier molecular flexibility index (Phi) is 39.2. The molecule has 356 valence electrons. The second-order valence-electron chi connectivity index (χ2n) is 16.9. The van der Waals surface area contributed by atoms with Crippen molar-refractivity contribution in [1.82, 2.24) is 5.32 Å². The largest absolute Gasteiger partial charge is 0.394 e. The fraction of sp³-hybridized carbons (Fsp3) is 0.717. The summed E-state index contributed by atoms with van der Waals surface area (Å²) in [5.41, 5.74) is 0. The van der Waals surface area contributed by atoms with Crippen molar-refractivity contribution in [3.05, 3.63) is 85.1 Å². The van der Waals surface area contributed by atoms with Crippen LogP contribution in [0.2, 0.25) is 0 Å². The maximum Gasteiger partial charge on any atom is 0.220 e. The molecule has 7 atom stereocenters. The van der Waals surface area contributed by atoms with Gasteiger partial charge in [0.25, 0.3) is 0 Å². The van der Waals surface area contributed by atoms with Crippen molar-refractivity contribution in [3.8, 4) is 0 Å². The predicted octanol–water partition coefficient (Wildman–Crippen LogP) is 11.1. The van der Waals surface area contributed by atoms with Crippen LogP contribution < -0.4 is 5.32 Å². The maximum absolute atomic E-state index is 13.0. The standard InChI is InChI=1S/C53H91NO8/c1-3-5-7-9-11-13-15-17-19-20-21-22-23-24-25-26-27-28-29-31-33-35-37-39-41-43-49(57)54-46(45-61-53-52(60)51(59)50(58)48(44-55)62-53)47(56)42-40-38-36-34-32-30-18-16-14-12-10-8-6-4-2/h5,7,11,13,17,19,21-22,24-25,27-28,40,42,46-48,50-53,55-56,58-60H,3-4,6,8-10,12,14-16,18,20,23,26,29-39,41,43-45H2,1-2H3,(H,54,57)/b7-5-,13-11-,19-17-,22-21-,25-24-,28-27-,42-40+. The van der Waals surface area contributed by atoms with Crippen molar-refractivity contribution in [3.63, 3.8) is 0 Å². The van der Waals surface area contributed by atoms with Crippen LogP contribution in [0.4, 0.5) is 0 Å². The van der Waals surface area contributed by atoms with E-state index in [9.17, 15) is 30.3 Å². The Hall–Kier alpha value is -2.63. The number of hydrogen-bond acceptors (Lipinski definition) is 8. The highest BCUT2D eigenvalue weighted by Crippen LogP contribution is 2.22. The van der Waals surface area contributed by atoms with Gasteiger partial charge < -0.3 is 40.3 Å². The molecule has 1 rings (SSSR count). The Bertz CT molecular complexity index is 1240. The number of carbonyl (C=O) groups is 1. The molecule has 0 bridgehead atoms. The third kappa shape index (κ3) is 32.1. The summed E-state index contributed by atoms with van der Waals surface area (Å²) in [7, 11) is 0. The quantitative estimate of drug-likeness (QED) is 0.0263. The van der Waals surface area contributed by atoms with E-state index >= 15 is 0 Å². The summed E-state index contributed by atoms with van der Waals surface area (Å²) in [4.78, 5) is 13.0. The van der Waals surface area contributed by atoms with Crippen molar-refractivity contribution >= 4 is 5.91 Å². The number of allylic oxidation sites excluding steroid dienone is 13. The van der Waals surface area contributed by atoms with Gasteiger partial charge in [0.1, 0.15) is 24.4 Å². The average molecular weight is 870 g/mol. The van der Waals surface area contributed by atoms with E-state index in [0.29, 0.717) is 6.42 Å². The third-order valence-corrected chi connectivity index (χ3v) is 11.2. The molecule has 0 aromatic carbocycles. The van der Waals surface area contributed by atoms with Gasteiger partial charge in [0.05, 0.1) is 25.4 Å². The minimum absolute atomic E-state index is 0.196. The minimum Gasteiger partial charge on any atom is -0.394 e. The molecule has 7 unspecified atom stereocenters. The number of aliphatic hydroxyl groups is 5. The highest BCUT2D eigenvalue weighted by molar-refractivity contribution is 5.76. The first-order chi connectivity index (χ1) is 30.3. The van der Waals surface area contributed by atoms with E-state index in [1.807, 2.05) is 6.08 Å². The highest BCUT2D eigenvalue weighted by Gasteiger charge is 2.44. The molecule has 6 N–H and O–H groups in total. The molecule has 1 saturated heterocycles. The van der Waals surface area contributed by atoms with Crippen molar-refractivity contribution in [2.24, 2.45) is 0 Å². The molecular formula is C53H91NO8. The van der Waals surface area contributed by atoms with Crippen LogP contribution in [0, 0.1) is 0 Å². The number of carbonyl (C=O) groups excluding carboxylic acids is 1. The van der Waals surface area contributed by atoms with E-state index in [0.717, 1.165) is 103 Å². The Morgan fingerprint density at radius 2 is 1.00 bits per heavy atom. The summed E-state index contributed by atoms with van der Waals surface area (Å²) < 4.78 is 11.2. The topological polar surface area (TPSA) is 149 Å². The molecule has 0 aromatic rings. The molecule has 1 amide bonds. The van der Waals surface area contributed by atoms with Crippen LogP contribution in [-0.2, 0) is 14.3 Å². The van der Waals surface area contributed by atoms with Crippen LogP contribution in [0.1, 0.15) is 187 Å². The fourth-order valence-electron chi connectivity index (χ4n) is 7.28. The van der Waals surface area contributed by atoms with Crippen molar-refractivity contribution in [2.75, 3.05) is 13.2 Å². The SMILES string of the molecule is CC/C=C\C/C=C\C/C=C\C/C=C\C/C=C\C/C=C\CCCCCCCCC(=O)NC(COC1OC(CO)C(O)C(O)C1O)C(O)/C=C/CCCCCCCCCCCCCC. The molecular weight excluding hydrogens is 779 g/mol. The van der Waals surface area contributed by atoms with Crippen LogP contribution in [0.25, 0.3) is 0 Å². The summed E-state index contributed by atoms with van der Waals surface area (Å²) in [6.45, 7) is 3.64. The Morgan fingerprint density at radius 1 is 0.565 bits per heavy atom. The molecule has 1 aliphatic heterocycles. The first-order valence-corrected chi connectivity index (χ1v) is 24.8. The average Bonchev–Trinajstić information content (AvgIpc) is 3.27. The van der Waals surface area contributed by atoms with Gasteiger partial charge in [-0.15, -0.1) is 0 Å². The molecule has 1 fully saturated rings. The van der Waals surface area contributed by atoms with Crippen molar-refractivity contribution in [2.45, 2.75) is 230 Å². The molecule has 1 aliphatic rings. The second kappa shape index (κ2) is 42.3. The van der Waals surface area contributed by atoms with E-state index < -0.39 is 49.5 Å². The molecule has 0 saturated carbocycles. The molecule has 62 heavy (non-hydrogen) atoms.